The van der Waals surface area contributed by atoms with Gasteiger partial charge in [0, 0.05) is 36.1 Å². The molecule has 0 bridgehead atoms. The molecule has 3 aromatic heterocycles. The number of hydrogen-bond acceptors (Lipinski definition) is 8. The summed E-state index contributed by atoms with van der Waals surface area (Å²) in [7, 11) is -3.24. The van der Waals surface area contributed by atoms with Gasteiger partial charge in [-0.25, -0.2) is 17.8 Å². The Kier molecular flexibility index (Phi) is 8.14. The molecule has 236 valence electrons. The van der Waals surface area contributed by atoms with Gasteiger partial charge in [-0.05, 0) is 62.7 Å². The molecule has 0 amide bonds. The van der Waals surface area contributed by atoms with Gasteiger partial charge in [-0.1, -0.05) is 18.2 Å². The minimum Gasteiger partial charge on any atom is -0.484 e. The minimum absolute atomic E-state index is 0.0433. The Labute approximate surface area is 257 Å². The van der Waals surface area contributed by atoms with Gasteiger partial charge in [-0.2, -0.15) is 19.0 Å². The summed E-state index contributed by atoms with van der Waals surface area (Å²) in [6, 6.07) is 10.2. The average molecular weight is 641 g/mol. The number of anilines is 2. The summed E-state index contributed by atoms with van der Waals surface area (Å²) >= 11 is 0. The average Bonchev–Trinajstić information content (AvgIpc) is 3.65. The first kappa shape index (κ1) is 30.4. The number of halogens is 3. The predicted octanol–water partition coefficient (Wildman–Crippen LogP) is 5.25. The number of aromatic nitrogens is 5. The summed E-state index contributed by atoms with van der Waals surface area (Å²) in [5.74, 6) is -3.93. The monoisotopic (exact) mass is 640 g/mol. The molecule has 1 atom stereocenters. The van der Waals surface area contributed by atoms with Crippen LogP contribution in [0.25, 0.3) is 33.3 Å². The quantitative estimate of drug-likeness (QED) is 0.198. The number of nitrogens with two attached hydrogens (primary N) is 1. The zero-order valence-corrected chi connectivity index (χ0v) is 25.2. The van der Waals surface area contributed by atoms with Crippen LogP contribution in [0.5, 0.6) is 5.75 Å². The Morgan fingerprint density at radius 2 is 1.82 bits per heavy atom. The molecule has 2 aromatic carbocycles. The third kappa shape index (κ3) is 6.04. The lowest BCUT2D eigenvalue weighted by molar-refractivity contribution is 0.228. The maximum Gasteiger partial charge on any atom is 0.355 e. The van der Waals surface area contributed by atoms with Crippen molar-refractivity contribution < 1.29 is 26.3 Å². The van der Waals surface area contributed by atoms with Crippen molar-refractivity contribution in [2.75, 3.05) is 23.5 Å². The van der Waals surface area contributed by atoms with Crippen LogP contribution < -0.4 is 20.5 Å². The summed E-state index contributed by atoms with van der Waals surface area (Å²) in [4.78, 5) is 4.45. The van der Waals surface area contributed by atoms with Gasteiger partial charge < -0.3 is 15.8 Å². The Morgan fingerprint density at radius 3 is 2.53 bits per heavy atom. The number of nitrogens with one attached hydrogen (secondary N) is 2. The van der Waals surface area contributed by atoms with E-state index in [0.717, 1.165) is 37.1 Å². The topological polar surface area (TPSA) is 142 Å². The van der Waals surface area contributed by atoms with Gasteiger partial charge in [0.2, 0.25) is 0 Å². The molecule has 1 fully saturated rings. The largest absolute Gasteiger partial charge is 0.484 e. The van der Waals surface area contributed by atoms with Crippen molar-refractivity contribution in [3.8, 4) is 28.1 Å². The van der Waals surface area contributed by atoms with Crippen molar-refractivity contribution in [2.24, 2.45) is 7.05 Å². The fraction of sp³-hybridized carbons (Fsp3) is 0.300. The lowest BCUT2D eigenvalue weighted by Crippen LogP contribution is -2.29. The van der Waals surface area contributed by atoms with Gasteiger partial charge in [0.25, 0.3) is 10.0 Å². The molecule has 1 saturated heterocycles. The SMILES string of the molecule is CC(Oc1cc(-c2nn(C)c3c(-c4cnn(C5CCNCC5)c4)cnc(N)c23)ccc1NS(=O)(=O)C(F)F)c1ccc(F)cc1. The molecule has 0 spiro atoms. The van der Waals surface area contributed by atoms with E-state index in [0.29, 0.717) is 27.7 Å². The van der Waals surface area contributed by atoms with Crippen LogP contribution >= 0.6 is 0 Å². The highest BCUT2D eigenvalue weighted by Crippen LogP contribution is 2.40. The molecule has 0 saturated carbocycles. The lowest BCUT2D eigenvalue weighted by atomic mass is 10.0. The highest BCUT2D eigenvalue weighted by atomic mass is 32.2. The Balaban J connectivity index is 1.43. The molecule has 6 rings (SSSR count). The minimum atomic E-state index is -5.01. The zero-order chi connectivity index (χ0) is 31.9. The van der Waals surface area contributed by atoms with Crippen LogP contribution in [-0.2, 0) is 17.1 Å². The number of nitrogens with zero attached hydrogens (tertiary/aromatic N) is 5. The second-order valence-corrected chi connectivity index (χ2v) is 12.5. The standard InChI is InChI=1S/C30H31F3N8O3S/c1-17(18-3-6-21(31)7-4-18)44-25-13-19(5-8-24(25)39-45(42,43)30(32)33)27-26-28(40(2)38-27)23(15-36-29(26)34)20-14-37-41(16-20)22-9-11-35-12-10-22/h3-8,13-17,22,30,35,39H,9-12H2,1-2H3,(H2,34,36). The molecule has 0 aliphatic carbocycles. The van der Waals surface area contributed by atoms with E-state index in [4.69, 9.17) is 15.6 Å². The maximum atomic E-state index is 13.5. The number of pyridine rings is 1. The van der Waals surface area contributed by atoms with Crippen molar-refractivity contribution in [3.63, 3.8) is 0 Å². The van der Waals surface area contributed by atoms with Crippen molar-refractivity contribution in [1.82, 2.24) is 29.9 Å². The maximum absolute atomic E-state index is 13.5. The van der Waals surface area contributed by atoms with Gasteiger partial charge >= 0.3 is 5.76 Å². The third-order valence-corrected chi connectivity index (χ3v) is 8.85. The second-order valence-electron chi connectivity index (χ2n) is 10.9. The van der Waals surface area contributed by atoms with Crippen LogP contribution in [0.15, 0.2) is 61.1 Å². The number of piperidine rings is 1. The molecule has 45 heavy (non-hydrogen) atoms. The number of hydrogen-bond donors (Lipinski definition) is 3. The van der Waals surface area contributed by atoms with Crippen LogP contribution in [0, 0.1) is 5.82 Å². The summed E-state index contributed by atoms with van der Waals surface area (Å²) in [5.41, 5.74) is 9.98. The number of benzene rings is 2. The first-order valence-corrected chi connectivity index (χ1v) is 15.8. The predicted molar refractivity (Wildman–Crippen MR) is 165 cm³/mol. The molecule has 4 N–H and O–H groups in total. The number of alkyl halides is 2. The van der Waals surface area contributed by atoms with E-state index in [1.807, 2.05) is 15.6 Å². The number of sulfonamides is 1. The highest BCUT2D eigenvalue weighted by molar-refractivity contribution is 7.93. The van der Waals surface area contributed by atoms with E-state index in [1.54, 1.807) is 31.0 Å². The second kappa shape index (κ2) is 12.0. The molecule has 1 aliphatic heterocycles. The van der Waals surface area contributed by atoms with E-state index < -0.39 is 27.7 Å². The fourth-order valence-corrected chi connectivity index (χ4v) is 6.10. The van der Waals surface area contributed by atoms with E-state index in [2.05, 4.69) is 15.4 Å². The van der Waals surface area contributed by atoms with E-state index in [9.17, 15) is 21.6 Å². The summed E-state index contributed by atoms with van der Waals surface area (Å²) < 4.78 is 75.9. The van der Waals surface area contributed by atoms with Crippen molar-refractivity contribution in [1.29, 1.82) is 0 Å². The molecule has 1 unspecified atom stereocenters. The van der Waals surface area contributed by atoms with Crippen molar-refractivity contribution in [3.05, 3.63) is 72.4 Å². The lowest BCUT2D eigenvalue weighted by Gasteiger charge is -2.22. The zero-order valence-electron chi connectivity index (χ0n) is 24.4. The van der Waals surface area contributed by atoms with Crippen LogP contribution in [0.2, 0.25) is 0 Å². The summed E-state index contributed by atoms with van der Waals surface area (Å²) in [6.45, 7) is 3.52. The number of ether oxygens (including phenoxy) is 1. The fourth-order valence-electron chi connectivity index (χ4n) is 5.54. The first-order chi connectivity index (χ1) is 21.5. The van der Waals surface area contributed by atoms with Crippen molar-refractivity contribution in [2.45, 2.75) is 37.7 Å². The van der Waals surface area contributed by atoms with Crippen molar-refractivity contribution >= 4 is 32.4 Å². The number of fused-ring (bicyclic) bond motifs is 1. The Hall–Kier alpha value is -4.63. The summed E-state index contributed by atoms with van der Waals surface area (Å²) in [5, 5.41) is 13.2. The van der Waals surface area contributed by atoms with Gasteiger partial charge in [0.15, 0.2) is 0 Å². The van der Waals surface area contributed by atoms with Crippen LogP contribution in [-0.4, -0.2) is 51.8 Å². The molecule has 11 nitrogen and oxygen atoms in total. The van der Waals surface area contributed by atoms with Gasteiger partial charge in [0.05, 0.1) is 28.8 Å². The number of nitrogen functional groups attached to an aromatic ring is 1. The van der Waals surface area contributed by atoms with Gasteiger partial charge in [-0.3, -0.25) is 14.1 Å². The Bertz CT molecular complexity index is 1960. The molecule has 5 aromatic rings. The summed E-state index contributed by atoms with van der Waals surface area (Å²) in [6.07, 6.45) is 6.69. The van der Waals surface area contributed by atoms with E-state index >= 15 is 0 Å². The smallest absolute Gasteiger partial charge is 0.355 e. The molecular formula is C30H31F3N8O3S. The molecule has 4 heterocycles. The molecular weight excluding hydrogens is 609 g/mol. The molecule has 1 aliphatic rings. The Morgan fingerprint density at radius 1 is 1.09 bits per heavy atom. The van der Waals surface area contributed by atoms with Crippen LogP contribution in [0.1, 0.15) is 37.5 Å². The van der Waals surface area contributed by atoms with Gasteiger partial charge in [-0.15, -0.1) is 0 Å². The molecule has 15 heteroatoms. The molecule has 0 radical (unpaired) electrons. The van der Waals surface area contributed by atoms with E-state index in [1.165, 1.54) is 42.5 Å². The van der Waals surface area contributed by atoms with Crippen LogP contribution in [0.3, 0.4) is 0 Å². The van der Waals surface area contributed by atoms with Gasteiger partial charge in [0.1, 0.15) is 29.2 Å². The number of rotatable bonds is 9. The highest BCUT2D eigenvalue weighted by Gasteiger charge is 2.27. The van der Waals surface area contributed by atoms with E-state index in [-0.39, 0.29) is 23.3 Å². The third-order valence-electron chi connectivity index (χ3n) is 7.87. The number of aryl methyl sites for hydroxylation is 1. The first-order valence-electron chi connectivity index (χ1n) is 14.2. The normalized spacial score (nSPS) is 15.1. The van der Waals surface area contributed by atoms with Crippen LogP contribution in [0.4, 0.5) is 24.7 Å².